The van der Waals surface area contributed by atoms with Crippen molar-refractivity contribution >= 4 is 17.5 Å². The molecule has 2 aromatic rings. The van der Waals surface area contributed by atoms with Crippen LogP contribution in [0.1, 0.15) is 41.2 Å². The molecule has 2 aromatic carbocycles. The molecule has 1 amide bonds. The summed E-state index contributed by atoms with van der Waals surface area (Å²) in [6.45, 7) is 1.90. The highest BCUT2D eigenvalue weighted by Gasteiger charge is 2.32. The molecule has 4 rings (SSSR count). The monoisotopic (exact) mass is 414 g/mol. The number of likely N-dealkylation sites (tertiary alicyclic amines) is 1. The molecule has 29 heavy (non-hydrogen) atoms. The Bertz CT molecular complexity index is 837. The molecule has 7 heteroatoms. The van der Waals surface area contributed by atoms with Crippen LogP contribution in [0.15, 0.2) is 48.5 Å². The molecule has 2 saturated heterocycles. The van der Waals surface area contributed by atoms with Gasteiger partial charge in [0.1, 0.15) is 5.75 Å². The lowest BCUT2D eigenvalue weighted by atomic mass is 10.0. The normalized spacial score (nSPS) is 23.1. The van der Waals surface area contributed by atoms with E-state index in [9.17, 15) is 4.79 Å². The molecule has 2 atom stereocenters. The van der Waals surface area contributed by atoms with E-state index in [2.05, 4.69) is 33.2 Å². The molecule has 6 nitrogen and oxygen atoms in total. The van der Waals surface area contributed by atoms with Crippen LogP contribution in [0.25, 0.3) is 0 Å². The number of para-hydroxylation sites is 1. The Morgan fingerprint density at radius 1 is 1.10 bits per heavy atom. The van der Waals surface area contributed by atoms with E-state index in [0.29, 0.717) is 17.5 Å². The molecule has 154 valence electrons. The molecule has 2 heterocycles. The number of carbonyl (C=O) groups is 1. The Hall–Kier alpha value is -2.12. The number of nitrogens with zero attached hydrogens (tertiary/aromatic N) is 1. The van der Waals surface area contributed by atoms with Crippen molar-refractivity contribution in [2.75, 3.05) is 20.2 Å². The standard InChI is InChI=1S/C22H27ClN4O2/c1-29-20-5-3-2-4-18(20)22(28)24-17-10-12-27(13-11-17)21-14-19(25-26-21)15-6-8-16(23)9-7-15/h2-9,17,19,21,25-26H,10-14H2,1H3,(H,24,28). The van der Waals surface area contributed by atoms with Gasteiger partial charge in [-0.3, -0.25) is 9.69 Å². The van der Waals surface area contributed by atoms with E-state index in [1.807, 2.05) is 30.3 Å². The van der Waals surface area contributed by atoms with Crippen LogP contribution in [0.5, 0.6) is 5.75 Å². The SMILES string of the molecule is COc1ccccc1C(=O)NC1CCN(C2CC(c3ccc(Cl)cc3)NN2)CC1. The van der Waals surface area contributed by atoms with Gasteiger partial charge in [-0.1, -0.05) is 35.9 Å². The summed E-state index contributed by atoms with van der Waals surface area (Å²) < 4.78 is 5.30. The molecule has 0 aliphatic carbocycles. The van der Waals surface area contributed by atoms with E-state index < -0.39 is 0 Å². The molecular weight excluding hydrogens is 388 g/mol. The second-order valence-electron chi connectivity index (χ2n) is 7.63. The van der Waals surface area contributed by atoms with Crippen LogP contribution in [0.3, 0.4) is 0 Å². The maximum atomic E-state index is 12.6. The average Bonchev–Trinajstić information content (AvgIpc) is 3.25. The topological polar surface area (TPSA) is 65.6 Å². The Kier molecular flexibility index (Phi) is 6.35. The van der Waals surface area contributed by atoms with Crippen molar-refractivity contribution in [3.8, 4) is 5.75 Å². The van der Waals surface area contributed by atoms with E-state index in [1.54, 1.807) is 13.2 Å². The molecule has 0 spiro atoms. The number of hydrazine groups is 1. The Morgan fingerprint density at radius 3 is 2.55 bits per heavy atom. The second-order valence-corrected chi connectivity index (χ2v) is 8.06. The van der Waals surface area contributed by atoms with Gasteiger partial charge in [-0.15, -0.1) is 0 Å². The number of hydrogen-bond donors (Lipinski definition) is 3. The van der Waals surface area contributed by atoms with Gasteiger partial charge in [0.2, 0.25) is 0 Å². The first kappa shape index (κ1) is 20.2. The first-order valence-corrected chi connectivity index (χ1v) is 10.5. The van der Waals surface area contributed by atoms with E-state index in [-0.39, 0.29) is 18.0 Å². The van der Waals surface area contributed by atoms with Gasteiger partial charge in [-0.25, -0.2) is 10.9 Å². The highest BCUT2D eigenvalue weighted by molar-refractivity contribution is 6.30. The predicted octanol–water partition coefficient (Wildman–Crippen LogP) is 3.11. The van der Waals surface area contributed by atoms with Crippen LogP contribution in [0.2, 0.25) is 5.02 Å². The summed E-state index contributed by atoms with van der Waals surface area (Å²) in [7, 11) is 1.59. The van der Waals surface area contributed by atoms with Crippen molar-refractivity contribution in [1.82, 2.24) is 21.1 Å². The van der Waals surface area contributed by atoms with Crippen molar-refractivity contribution in [3.05, 3.63) is 64.7 Å². The molecule has 2 unspecified atom stereocenters. The van der Waals surface area contributed by atoms with Crippen LogP contribution < -0.4 is 20.9 Å². The van der Waals surface area contributed by atoms with E-state index in [4.69, 9.17) is 16.3 Å². The lowest BCUT2D eigenvalue weighted by Gasteiger charge is -2.35. The summed E-state index contributed by atoms with van der Waals surface area (Å²) in [5, 5.41) is 3.92. The minimum absolute atomic E-state index is 0.0654. The van der Waals surface area contributed by atoms with Crippen LogP contribution in [-0.4, -0.2) is 43.2 Å². The highest BCUT2D eigenvalue weighted by Crippen LogP contribution is 2.27. The van der Waals surface area contributed by atoms with Crippen molar-refractivity contribution in [1.29, 1.82) is 0 Å². The summed E-state index contributed by atoms with van der Waals surface area (Å²) in [4.78, 5) is 15.1. The highest BCUT2D eigenvalue weighted by atomic mass is 35.5. The van der Waals surface area contributed by atoms with E-state index in [0.717, 1.165) is 37.4 Å². The smallest absolute Gasteiger partial charge is 0.255 e. The lowest BCUT2D eigenvalue weighted by Crippen LogP contribution is -2.51. The minimum atomic E-state index is -0.0654. The fourth-order valence-corrected chi connectivity index (χ4v) is 4.27. The van der Waals surface area contributed by atoms with Crippen molar-refractivity contribution in [2.24, 2.45) is 0 Å². The Labute approximate surface area is 176 Å². The van der Waals surface area contributed by atoms with Gasteiger partial charge in [0.05, 0.1) is 18.8 Å². The van der Waals surface area contributed by atoms with Crippen LogP contribution in [-0.2, 0) is 0 Å². The van der Waals surface area contributed by atoms with Crippen LogP contribution in [0, 0.1) is 0 Å². The van der Waals surface area contributed by atoms with E-state index in [1.165, 1.54) is 5.56 Å². The summed E-state index contributed by atoms with van der Waals surface area (Å²) in [5.41, 5.74) is 8.65. The van der Waals surface area contributed by atoms with Crippen LogP contribution in [0.4, 0.5) is 0 Å². The maximum absolute atomic E-state index is 12.6. The quantitative estimate of drug-likeness (QED) is 0.701. The number of methoxy groups -OCH3 is 1. The zero-order valence-electron chi connectivity index (χ0n) is 16.5. The molecule has 2 aliphatic rings. The van der Waals surface area contributed by atoms with Gasteiger partial charge in [0.15, 0.2) is 0 Å². The maximum Gasteiger partial charge on any atom is 0.255 e. The third-order valence-electron chi connectivity index (χ3n) is 5.81. The molecule has 0 aromatic heterocycles. The third kappa shape index (κ3) is 4.73. The molecule has 0 bridgehead atoms. The molecule has 2 fully saturated rings. The number of halogens is 1. The van der Waals surface area contributed by atoms with E-state index >= 15 is 0 Å². The summed E-state index contributed by atoms with van der Waals surface area (Å²) in [6.07, 6.45) is 3.16. The van der Waals surface area contributed by atoms with Crippen molar-refractivity contribution in [2.45, 2.75) is 37.5 Å². The largest absolute Gasteiger partial charge is 0.496 e. The average molecular weight is 415 g/mol. The molecule has 0 saturated carbocycles. The zero-order valence-corrected chi connectivity index (χ0v) is 17.3. The minimum Gasteiger partial charge on any atom is -0.496 e. The number of hydrogen-bond acceptors (Lipinski definition) is 5. The second kappa shape index (κ2) is 9.13. The van der Waals surface area contributed by atoms with Crippen molar-refractivity contribution < 1.29 is 9.53 Å². The predicted molar refractivity (Wildman–Crippen MR) is 114 cm³/mol. The van der Waals surface area contributed by atoms with Gasteiger partial charge < -0.3 is 10.1 Å². The van der Waals surface area contributed by atoms with Gasteiger partial charge in [0.25, 0.3) is 5.91 Å². The molecule has 0 radical (unpaired) electrons. The summed E-state index contributed by atoms with van der Waals surface area (Å²) in [6, 6.07) is 15.8. The van der Waals surface area contributed by atoms with Gasteiger partial charge in [0, 0.05) is 30.2 Å². The lowest BCUT2D eigenvalue weighted by molar-refractivity contribution is 0.0877. The third-order valence-corrected chi connectivity index (χ3v) is 6.06. The number of ether oxygens (including phenoxy) is 1. The van der Waals surface area contributed by atoms with Crippen LogP contribution >= 0.6 is 11.6 Å². The fraction of sp³-hybridized carbons (Fsp3) is 0.409. The number of rotatable bonds is 5. The Balaban J connectivity index is 1.27. The number of benzene rings is 2. The number of piperidine rings is 1. The number of nitrogens with one attached hydrogen (secondary N) is 3. The number of carbonyl (C=O) groups excluding carboxylic acids is 1. The van der Waals surface area contributed by atoms with Crippen molar-refractivity contribution in [3.63, 3.8) is 0 Å². The van der Waals surface area contributed by atoms with Gasteiger partial charge in [-0.05, 0) is 49.1 Å². The fourth-order valence-electron chi connectivity index (χ4n) is 4.14. The molecular formula is C22H27ClN4O2. The first-order chi connectivity index (χ1) is 14.1. The van der Waals surface area contributed by atoms with Gasteiger partial charge in [-0.2, -0.15) is 0 Å². The zero-order chi connectivity index (χ0) is 20.2. The molecule has 3 N–H and O–H groups in total. The van der Waals surface area contributed by atoms with Gasteiger partial charge >= 0.3 is 0 Å². The molecule has 2 aliphatic heterocycles. The summed E-state index contributed by atoms with van der Waals surface area (Å²) in [5.74, 6) is 0.543. The summed E-state index contributed by atoms with van der Waals surface area (Å²) >= 11 is 5.99. The first-order valence-electron chi connectivity index (χ1n) is 10.1. The Morgan fingerprint density at radius 2 is 1.83 bits per heavy atom. The number of amides is 1.